The lowest BCUT2D eigenvalue weighted by Gasteiger charge is -2.14. The fourth-order valence-corrected chi connectivity index (χ4v) is 1.61. The van der Waals surface area contributed by atoms with Crippen LogP contribution in [0.2, 0.25) is 0 Å². The first-order valence-electron chi connectivity index (χ1n) is 4.53. The summed E-state index contributed by atoms with van der Waals surface area (Å²) in [5.74, 6) is -0.808. The molecule has 1 aromatic carbocycles. The molecule has 0 saturated carbocycles. The van der Waals surface area contributed by atoms with Crippen molar-refractivity contribution in [2.24, 2.45) is 0 Å². The van der Waals surface area contributed by atoms with E-state index in [0.29, 0.717) is 0 Å². The Hall–Kier alpha value is -1.08. The Kier molecular flexibility index (Phi) is 4.16. The zero-order valence-corrected chi connectivity index (χ0v) is 10.3. The summed E-state index contributed by atoms with van der Waals surface area (Å²) in [5.41, 5.74) is -1.06. The lowest BCUT2D eigenvalue weighted by molar-refractivity contribution is -0.158. The van der Waals surface area contributed by atoms with Crippen molar-refractivity contribution in [3.8, 4) is 0 Å². The van der Waals surface area contributed by atoms with E-state index in [9.17, 15) is 18.0 Å². The van der Waals surface area contributed by atoms with Gasteiger partial charge in [0.25, 0.3) is 0 Å². The molecule has 0 fully saturated rings. The van der Waals surface area contributed by atoms with Gasteiger partial charge in [-0.2, -0.15) is 13.2 Å². The molecule has 0 aliphatic rings. The van der Waals surface area contributed by atoms with E-state index in [1.165, 1.54) is 12.1 Å². The molecular weight excluding hydrogens is 303 g/mol. The molecule has 94 valence electrons. The van der Waals surface area contributed by atoms with E-state index in [1.54, 1.807) is 0 Å². The number of amides is 1. The molecule has 0 aliphatic heterocycles. The third-order valence-corrected chi connectivity index (χ3v) is 2.57. The van der Waals surface area contributed by atoms with Gasteiger partial charge in [0.2, 0.25) is 5.91 Å². The van der Waals surface area contributed by atoms with E-state index in [4.69, 9.17) is 5.21 Å². The van der Waals surface area contributed by atoms with Crippen molar-refractivity contribution in [3.05, 3.63) is 33.8 Å². The molecule has 7 heteroatoms. The molecular formula is C10H9BrF3NO2. The fourth-order valence-electron chi connectivity index (χ4n) is 1.24. The quantitative estimate of drug-likeness (QED) is 0.674. The summed E-state index contributed by atoms with van der Waals surface area (Å²) in [4.78, 5) is 11.2. The Labute approximate surface area is 104 Å². The molecule has 0 saturated heterocycles. The summed E-state index contributed by atoms with van der Waals surface area (Å²) < 4.78 is 38.3. The van der Waals surface area contributed by atoms with E-state index < -0.39 is 24.1 Å². The van der Waals surface area contributed by atoms with Crippen molar-refractivity contribution < 1.29 is 23.2 Å². The molecule has 1 amide bonds. The molecule has 0 aliphatic carbocycles. The highest BCUT2D eigenvalue weighted by atomic mass is 79.9. The van der Waals surface area contributed by atoms with Crippen LogP contribution in [0.25, 0.3) is 0 Å². The Morgan fingerprint density at radius 1 is 1.47 bits per heavy atom. The summed E-state index contributed by atoms with van der Waals surface area (Å²) in [6.45, 7) is 0. The zero-order chi connectivity index (χ0) is 13.2. The summed E-state index contributed by atoms with van der Waals surface area (Å²) >= 11 is 2.94. The minimum atomic E-state index is -4.53. The highest BCUT2D eigenvalue weighted by molar-refractivity contribution is 9.10. The van der Waals surface area contributed by atoms with Crippen LogP contribution in [0, 0.1) is 0 Å². The minimum absolute atomic E-state index is 0.174. The van der Waals surface area contributed by atoms with Crippen LogP contribution in [-0.2, 0) is 17.4 Å². The monoisotopic (exact) mass is 311 g/mol. The van der Waals surface area contributed by atoms with Crippen molar-refractivity contribution in [2.75, 3.05) is 7.05 Å². The zero-order valence-electron chi connectivity index (χ0n) is 8.75. The number of hydroxylamine groups is 2. The number of nitrogens with zero attached hydrogens (tertiary/aromatic N) is 1. The van der Waals surface area contributed by atoms with Gasteiger partial charge in [-0.15, -0.1) is 0 Å². The predicted octanol–water partition coefficient (Wildman–Crippen LogP) is 2.86. The fraction of sp³-hybridized carbons (Fsp3) is 0.300. The predicted molar refractivity (Wildman–Crippen MR) is 57.4 cm³/mol. The molecule has 1 aromatic rings. The molecule has 0 atom stereocenters. The first kappa shape index (κ1) is 14.0. The van der Waals surface area contributed by atoms with Crippen LogP contribution in [0.3, 0.4) is 0 Å². The third kappa shape index (κ3) is 3.71. The van der Waals surface area contributed by atoms with Gasteiger partial charge in [0.15, 0.2) is 0 Å². The van der Waals surface area contributed by atoms with E-state index >= 15 is 0 Å². The van der Waals surface area contributed by atoms with E-state index in [2.05, 4.69) is 15.9 Å². The Morgan fingerprint density at radius 2 is 2.06 bits per heavy atom. The van der Waals surface area contributed by atoms with Crippen LogP contribution >= 0.6 is 15.9 Å². The first-order chi connectivity index (χ1) is 7.71. The topological polar surface area (TPSA) is 40.5 Å². The largest absolute Gasteiger partial charge is 0.416 e. The van der Waals surface area contributed by atoms with Gasteiger partial charge in [-0.1, -0.05) is 22.0 Å². The lowest BCUT2D eigenvalue weighted by atomic mass is 10.0. The van der Waals surface area contributed by atoms with Crippen molar-refractivity contribution in [1.82, 2.24) is 5.06 Å². The average molecular weight is 312 g/mol. The number of benzene rings is 1. The second-order valence-electron chi connectivity index (χ2n) is 3.39. The highest BCUT2D eigenvalue weighted by Crippen LogP contribution is 2.34. The van der Waals surface area contributed by atoms with E-state index in [1.807, 2.05) is 0 Å². The van der Waals surface area contributed by atoms with Crippen LogP contribution in [-0.4, -0.2) is 23.2 Å². The van der Waals surface area contributed by atoms with Gasteiger partial charge in [0.05, 0.1) is 12.0 Å². The molecule has 0 unspecified atom stereocenters. The van der Waals surface area contributed by atoms with Gasteiger partial charge in [-0.05, 0) is 17.7 Å². The molecule has 0 radical (unpaired) electrons. The summed E-state index contributed by atoms with van der Waals surface area (Å²) in [6, 6.07) is 3.52. The molecule has 0 spiro atoms. The van der Waals surface area contributed by atoms with Gasteiger partial charge in [0, 0.05) is 11.5 Å². The van der Waals surface area contributed by atoms with Gasteiger partial charge in [0.1, 0.15) is 0 Å². The van der Waals surface area contributed by atoms with E-state index in [0.717, 1.165) is 13.1 Å². The van der Waals surface area contributed by atoms with Gasteiger partial charge >= 0.3 is 6.18 Å². The number of halogens is 4. The number of hydrogen-bond donors (Lipinski definition) is 1. The molecule has 1 rings (SSSR count). The maximum Gasteiger partial charge on any atom is 0.416 e. The number of hydrogen-bond acceptors (Lipinski definition) is 2. The van der Waals surface area contributed by atoms with Crippen LogP contribution in [0.5, 0.6) is 0 Å². The maximum absolute atomic E-state index is 12.7. The van der Waals surface area contributed by atoms with Crippen LogP contribution in [0.15, 0.2) is 22.7 Å². The second-order valence-corrected chi connectivity index (χ2v) is 4.31. The summed E-state index contributed by atoms with van der Waals surface area (Å²) in [5, 5.41) is 9.09. The molecule has 0 bridgehead atoms. The molecule has 17 heavy (non-hydrogen) atoms. The third-order valence-electron chi connectivity index (χ3n) is 2.08. The molecule has 0 heterocycles. The van der Waals surface area contributed by atoms with Crippen molar-refractivity contribution in [3.63, 3.8) is 0 Å². The number of carbonyl (C=O) groups excluding carboxylic acids is 1. The number of alkyl halides is 3. The van der Waals surface area contributed by atoms with Crippen LogP contribution in [0.4, 0.5) is 13.2 Å². The SMILES string of the molecule is CN(O)C(=O)Cc1ccc(Br)cc1C(F)(F)F. The minimum Gasteiger partial charge on any atom is -0.286 e. The average Bonchev–Trinajstić information content (AvgIpc) is 2.18. The van der Waals surface area contributed by atoms with Crippen LogP contribution in [0.1, 0.15) is 11.1 Å². The summed E-state index contributed by atoms with van der Waals surface area (Å²) in [7, 11) is 1.06. The van der Waals surface area contributed by atoms with Gasteiger partial charge in [-0.25, -0.2) is 5.06 Å². The Morgan fingerprint density at radius 3 is 2.53 bits per heavy atom. The molecule has 1 N–H and O–H groups in total. The summed E-state index contributed by atoms with van der Waals surface area (Å²) in [6.07, 6.45) is -5.04. The van der Waals surface area contributed by atoms with Crippen molar-refractivity contribution >= 4 is 21.8 Å². The lowest BCUT2D eigenvalue weighted by Crippen LogP contribution is -2.25. The number of likely N-dealkylation sites (N-methyl/N-ethyl adjacent to an activating group) is 1. The number of carbonyl (C=O) groups is 1. The van der Waals surface area contributed by atoms with Gasteiger partial charge in [-0.3, -0.25) is 10.0 Å². The normalized spacial score (nSPS) is 11.4. The highest BCUT2D eigenvalue weighted by Gasteiger charge is 2.34. The van der Waals surface area contributed by atoms with Gasteiger partial charge < -0.3 is 0 Å². The van der Waals surface area contributed by atoms with Crippen LogP contribution < -0.4 is 0 Å². The molecule has 0 aromatic heterocycles. The smallest absolute Gasteiger partial charge is 0.286 e. The maximum atomic E-state index is 12.7. The Balaban J connectivity index is 3.12. The molecule has 3 nitrogen and oxygen atoms in total. The number of rotatable bonds is 2. The van der Waals surface area contributed by atoms with Crippen molar-refractivity contribution in [2.45, 2.75) is 12.6 Å². The second kappa shape index (κ2) is 5.05. The van der Waals surface area contributed by atoms with Crippen molar-refractivity contribution in [1.29, 1.82) is 0 Å². The Bertz CT molecular complexity index is 432. The first-order valence-corrected chi connectivity index (χ1v) is 5.32. The standard InChI is InChI=1S/C10H9BrF3NO2/c1-15(17)9(16)4-6-2-3-7(11)5-8(6)10(12,13)14/h2-3,5,17H,4H2,1H3. The van der Waals surface area contributed by atoms with E-state index in [-0.39, 0.29) is 15.1 Å².